The molecule has 0 radical (unpaired) electrons. The summed E-state index contributed by atoms with van der Waals surface area (Å²) in [4.78, 5) is 25.6. The van der Waals surface area contributed by atoms with Crippen LogP contribution in [0, 0.1) is 0 Å². The summed E-state index contributed by atoms with van der Waals surface area (Å²) in [5, 5.41) is 3.45. The molecule has 0 bridgehead atoms. The first-order chi connectivity index (χ1) is 12.7. The molecular formula is C22H25NO3. The fraction of sp³-hybridized carbons (Fsp3) is 0.455. The minimum atomic E-state index is -0.243. The van der Waals surface area contributed by atoms with Gasteiger partial charge in [0.15, 0.2) is 11.6 Å². The van der Waals surface area contributed by atoms with Gasteiger partial charge in [0.25, 0.3) is 0 Å². The maximum Gasteiger partial charge on any atom is 0.161 e. The number of allylic oxidation sites excluding steroid dienone is 4. The molecule has 1 aromatic carbocycles. The fourth-order valence-electron chi connectivity index (χ4n) is 4.32. The van der Waals surface area contributed by atoms with Crippen LogP contribution >= 0.6 is 0 Å². The lowest BCUT2D eigenvalue weighted by Crippen LogP contribution is -2.36. The van der Waals surface area contributed by atoms with E-state index < -0.39 is 0 Å². The number of ether oxygens (including phenoxy) is 1. The van der Waals surface area contributed by atoms with Gasteiger partial charge in [-0.2, -0.15) is 0 Å². The normalized spacial score (nSPS) is 20.7. The highest BCUT2D eigenvalue weighted by Gasteiger charge is 2.40. The Balaban J connectivity index is 1.82. The van der Waals surface area contributed by atoms with Crippen LogP contribution in [-0.4, -0.2) is 18.2 Å². The summed E-state index contributed by atoms with van der Waals surface area (Å²) in [5.41, 5.74) is 4.65. The van der Waals surface area contributed by atoms with Gasteiger partial charge in [0.1, 0.15) is 5.75 Å². The average molecular weight is 351 g/mol. The number of dihydropyridines is 1. The van der Waals surface area contributed by atoms with Crippen molar-refractivity contribution in [2.24, 2.45) is 0 Å². The Hall–Kier alpha value is -2.36. The molecule has 3 aliphatic rings. The summed E-state index contributed by atoms with van der Waals surface area (Å²) < 4.78 is 5.79. The van der Waals surface area contributed by atoms with Crippen LogP contribution in [0.3, 0.4) is 0 Å². The van der Waals surface area contributed by atoms with Gasteiger partial charge >= 0.3 is 0 Å². The number of benzene rings is 1. The molecule has 0 unspecified atom stereocenters. The first kappa shape index (κ1) is 17.1. The SMILES string of the molecule is CCCOc1cccc(C2C3=C(CCCC3=O)NC3=C2C(=O)CCC3)c1. The summed E-state index contributed by atoms with van der Waals surface area (Å²) in [6.07, 6.45) is 5.61. The Labute approximate surface area is 154 Å². The third kappa shape index (κ3) is 2.98. The van der Waals surface area contributed by atoms with Crippen LogP contribution in [0.5, 0.6) is 5.75 Å². The molecule has 1 aliphatic heterocycles. The number of carbonyl (C=O) groups is 2. The maximum absolute atomic E-state index is 12.8. The molecule has 4 rings (SSSR count). The highest BCUT2D eigenvalue weighted by Crippen LogP contribution is 2.45. The van der Waals surface area contributed by atoms with Gasteiger partial charge in [-0.3, -0.25) is 9.59 Å². The molecule has 26 heavy (non-hydrogen) atoms. The first-order valence-electron chi connectivity index (χ1n) is 9.71. The van der Waals surface area contributed by atoms with Crippen molar-refractivity contribution in [1.82, 2.24) is 5.32 Å². The largest absolute Gasteiger partial charge is 0.494 e. The average Bonchev–Trinajstić information content (AvgIpc) is 2.65. The van der Waals surface area contributed by atoms with Crippen LogP contribution in [0.2, 0.25) is 0 Å². The molecule has 136 valence electrons. The van der Waals surface area contributed by atoms with Crippen molar-refractivity contribution >= 4 is 11.6 Å². The number of nitrogens with one attached hydrogen (secondary N) is 1. The second-order valence-corrected chi connectivity index (χ2v) is 7.32. The van der Waals surface area contributed by atoms with Crippen molar-refractivity contribution in [3.8, 4) is 5.75 Å². The van der Waals surface area contributed by atoms with Crippen molar-refractivity contribution in [2.45, 2.75) is 57.8 Å². The van der Waals surface area contributed by atoms with E-state index in [1.54, 1.807) is 0 Å². The number of rotatable bonds is 4. The van der Waals surface area contributed by atoms with Crippen molar-refractivity contribution in [3.63, 3.8) is 0 Å². The highest BCUT2D eigenvalue weighted by molar-refractivity contribution is 6.06. The van der Waals surface area contributed by atoms with E-state index in [-0.39, 0.29) is 17.5 Å². The quantitative estimate of drug-likeness (QED) is 0.884. The number of carbonyl (C=O) groups excluding carboxylic acids is 2. The third-order valence-electron chi connectivity index (χ3n) is 5.46. The topological polar surface area (TPSA) is 55.4 Å². The van der Waals surface area contributed by atoms with Crippen molar-refractivity contribution < 1.29 is 14.3 Å². The number of hydrogen-bond donors (Lipinski definition) is 1. The van der Waals surface area contributed by atoms with Gasteiger partial charge in [0, 0.05) is 41.3 Å². The van der Waals surface area contributed by atoms with Crippen LogP contribution in [-0.2, 0) is 9.59 Å². The van der Waals surface area contributed by atoms with Crippen LogP contribution < -0.4 is 10.1 Å². The zero-order valence-corrected chi connectivity index (χ0v) is 15.3. The Morgan fingerprint density at radius 1 is 1.00 bits per heavy atom. The smallest absolute Gasteiger partial charge is 0.161 e. The van der Waals surface area contributed by atoms with Crippen LogP contribution in [0.4, 0.5) is 0 Å². The molecular weight excluding hydrogens is 326 g/mol. The summed E-state index contributed by atoms with van der Waals surface area (Å²) in [6, 6.07) is 7.93. The van der Waals surface area contributed by atoms with E-state index in [0.29, 0.717) is 19.4 Å². The Morgan fingerprint density at radius 2 is 1.65 bits per heavy atom. The van der Waals surface area contributed by atoms with E-state index in [9.17, 15) is 9.59 Å². The molecule has 2 aliphatic carbocycles. The van der Waals surface area contributed by atoms with Gasteiger partial charge in [-0.05, 0) is 49.8 Å². The second-order valence-electron chi connectivity index (χ2n) is 7.32. The highest BCUT2D eigenvalue weighted by atomic mass is 16.5. The number of Topliss-reactive ketones (excluding diaryl/α,β-unsaturated/α-hetero) is 2. The second kappa shape index (κ2) is 7.10. The molecule has 0 atom stereocenters. The minimum Gasteiger partial charge on any atom is -0.494 e. The molecule has 0 spiro atoms. The summed E-state index contributed by atoms with van der Waals surface area (Å²) in [5.74, 6) is 0.910. The van der Waals surface area contributed by atoms with Crippen LogP contribution in [0.1, 0.15) is 63.4 Å². The molecule has 0 aromatic heterocycles. The first-order valence-corrected chi connectivity index (χ1v) is 9.71. The molecule has 1 heterocycles. The number of hydrogen-bond acceptors (Lipinski definition) is 4. The Bertz CT molecular complexity index is 776. The van der Waals surface area contributed by atoms with Crippen LogP contribution in [0.25, 0.3) is 0 Å². The zero-order valence-electron chi connectivity index (χ0n) is 15.3. The van der Waals surface area contributed by atoms with E-state index >= 15 is 0 Å². The van der Waals surface area contributed by atoms with Gasteiger partial charge in [-0.15, -0.1) is 0 Å². The van der Waals surface area contributed by atoms with Gasteiger partial charge in [-0.25, -0.2) is 0 Å². The predicted molar refractivity (Wildman–Crippen MR) is 99.9 cm³/mol. The van der Waals surface area contributed by atoms with Crippen molar-refractivity contribution in [1.29, 1.82) is 0 Å². The van der Waals surface area contributed by atoms with E-state index in [2.05, 4.69) is 12.2 Å². The Morgan fingerprint density at radius 3 is 2.27 bits per heavy atom. The summed E-state index contributed by atoms with van der Waals surface area (Å²) in [7, 11) is 0. The summed E-state index contributed by atoms with van der Waals surface area (Å²) in [6.45, 7) is 2.74. The molecule has 0 saturated carbocycles. The van der Waals surface area contributed by atoms with E-state index in [0.717, 1.165) is 66.0 Å². The summed E-state index contributed by atoms with van der Waals surface area (Å²) >= 11 is 0. The zero-order chi connectivity index (χ0) is 18.1. The standard InChI is InChI=1S/C22H25NO3/c1-2-12-26-15-7-3-6-14(13-15)20-21-16(8-4-10-18(21)24)23-17-9-5-11-19(25)22(17)20/h3,6-7,13,20,23H,2,4-5,8-12H2,1H3. The maximum atomic E-state index is 12.8. The molecule has 0 saturated heterocycles. The van der Waals surface area contributed by atoms with Gasteiger partial charge < -0.3 is 10.1 Å². The lowest BCUT2D eigenvalue weighted by Gasteiger charge is -2.37. The molecule has 0 fully saturated rings. The lowest BCUT2D eigenvalue weighted by atomic mass is 9.71. The fourth-order valence-corrected chi connectivity index (χ4v) is 4.32. The van der Waals surface area contributed by atoms with Crippen LogP contribution in [0.15, 0.2) is 46.8 Å². The van der Waals surface area contributed by atoms with E-state index in [4.69, 9.17) is 4.74 Å². The molecule has 0 amide bonds. The van der Waals surface area contributed by atoms with Gasteiger partial charge in [-0.1, -0.05) is 19.1 Å². The molecule has 1 N–H and O–H groups in total. The van der Waals surface area contributed by atoms with Crippen molar-refractivity contribution in [3.05, 3.63) is 52.4 Å². The number of ketones is 2. The third-order valence-corrected chi connectivity index (χ3v) is 5.46. The minimum absolute atomic E-state index is 0.175. The molecule has 4 nitrogen and oxygen atoms in total. The molecule has 4 heteroatoms. The predicted octanol–water partition coefficient (Wildman–Crippen LogP) is 4.18. The van der Waals surface area contributed by atoms with Gasteiger partial charge in [0.05, 0.1) is 6.61 Å². The van der Waals surface area contributed by atoms with E-state index in [1.807, 2.05) is 24.3 Å². The van der Waals surface area contributed by atoms with Gasteiger partial charge in [0.2, 0.25) is 0 Å². The Kier molecular flexibility index (Phi) is 4.66. The monoisotopic (exact) mass is 351 g/mol. The van der Waals surface area contributed by atoms with E-state index in [1.165, 1.54) is 0 Å². The molecule has 1 aromatic rings. The van der Waals surface area contributed by atoms with Crippen molar-refractivity contribution in [2.75, 3.05) is 6.61 Å². The lowest BCUT2D eigenvalue weighted by molar-refractivity contribution is -0.116.